The van der Waals surface area contributed by atoms with Crippen LogP contribution in [0.15, 0.2) is 60.8 Å². The van der Waals surface area contributed by atoms with Gasteiger partial charge in [0.2, 0.25) is 0 Å². The molecule has 3 rings (SSSR count). The van der Waals surface area contributed by atoms with E-state index in [1.165, 1.54) is 0 Å². The molecule has 1 heterocycles. The van der Waals surface area contributed by atoms with Crippen LogP contribution in [0.5, 0.6) is 0 Å². The first-order valence-electron chi connectivity index (χ1n) is 8.98. The summed E-state index contributed by atoms with van der Waals surface area (Å²) in [6.45, 7) is -0.446. The maximum atomic E-state index is 12.6. The minimum atomic E-state index is -4.33. The number of carbonyl (C=O) groups excluding carboxylic acids is 1. The molecule has 1 aromatic heterocycles. The van der Waals surface area contributed by atoms with Gasteiger partial charge in [-0.05, 0) is 18.1 Å². The molecule has 2 aromatic carbocycles. The second kappa shape index (κ2) is 8.93. The van der Waals surface area contributed by atoms with Crippen LogP contribution in [0.1, 0.15) is 22.3 Å². The Hall–Kier alpha value is -2.80. The number of hydrogen-bond donors (Lipinski definition) is 1. The molecule has 0 saturated heterocycles. The van der Waals surface area contributed by atoms with Gasteiger partial charge in [-0.3, -0.25) is 4.79 Å². The number of alkyl halides is 3. The van der Waals surface area contributed by atoms with Crippen LogP contribution in [0.25, 0.3) is 10.9 Å². The van der Waals surface area contributed by atoms with Crippen molar-refractivity contribution in [1.29, 1.82) is 0 Å². The Kier molecular flexibility index (Phi) is 6.36. The normalized spacial score (nSPS) is 11.7. The Morgan fingerprint density at radius 2 is 1.75 bits per heavy atom. The molecule has 7 heteroatoms. The number of fused-ring (bicyclic) bond motifs is 1. The molecule has 0 bridgehead atoms. The highest BCUT2D eigenvalue weighted by Gasteiger charge is 2.27. The number of hydrogen-bond acceptors (Lipinski definition) is 2. The summed E-state index contributed by atoms with van der Waals surface area (Å²) in [5.74, 6) is -0.251. The zero-order valence-corrected chi connectivity index (χ0v) is 15.2. The molecule has 0 fully saturated rings. The van der Waals surface area contributed by atoms with E-state index in [0.29, 0.717) is 18.5 Å². The van der Waals surface area contributed by atoms with Gasteiger partial charge in [0, 0.05) is 36.8 Å². The number of para-hydroxylation sites is 1. The predicted octanol–water partition coefficient (Wildman–Crippen LogP) is 4.39. The molecule has 148 valence electrons. The van der Waals surface area contributed by atoms with Gasteiger partial charge in [0.1, 0.15) is 6.61 Å². The minimum Gasteiger partial charge on any atom is -0.372 e. The van der Waals surface area contributed by atoms with Crippen molar-refractivity contribution >= 4 is 16.8 Å². The number of aromatic nitrogens is 1. The predicted molar refractivity (Wildman–Crippen MR) is 101 cm³/mol. The first kappa shape index (κ1) is 19.9. The maximum absolute atomic E-state index is 12.6. The molecule has 0 aliphatic heterocycles. The average molecular weight is 390 g/mol. The van der Waals surface area contributed by atoms with Gasteiger partial charge in [-0.1, -0.05) is 48.5 Å². The van der Waals surface area contributed by atoms with Gasteiger partial charge in [0.15, 0.2) is 0 Å². The Bertz CT molecular complexity index is 920. The first-order valence-corrected chi connectivity index (χ1v) is 8.98. The summed E-state index contributed by atoms with van der Waals surface area (Å²) < 4.78 is 42.6. The number of nitrogens with zero attached hydrogens (tertiary/aromatic N) is 1. The molecule has 0 unspecified atom stereocenters. The van der Waals surface area contributed by atoms with Crippen molar-refractivity contribution in [2.75, 3.05) is 19.8 Å². The van der Waals surface area contributed by atoms with Crippen molar-refractivity contribution in [1.82, 2.24) is 9.88 Å². The molecular formula is C21H21F3N2O2. The van der Waals surface area contributed by atoms with Gasteiger partial charge in [-0.15, -0.1) is 0 Å². The summed E-state index contributed by atoms with van der Waals surface area (Å²) in [6, 6.07) is 17.6. The Morgan fingerprint density at radius 3 is 2.50 bits per heavy atom. The highest BCUT2D eigenvalue weighted by atomic mass is 19.4. The van der Waals surface area contributed by atoms with E-state index >= 15 is 0 Å². The number of rotatable bonds is 8. The second-order valence-electron chi connectivity index (χ2n) is 6.45. The Balaban J connectivity index is 1.63. The van der Waals surface area contributed by atoms with Crippen LogP contribution in [-0.4, -0.2) is 36.4 Å². The molecule has 4 nitrogen and oxygen atoms in total. The molecule has 0 spiro atoms. The van der Waals surface area contributed by atoms with Crippen LogP contribution in [0.2, 0.25) is 0 Å². The lowest BCUT2D eigenvalue weighted by molar-refractivity contribution is -0.173. The molecule has 3 aromatic rings. The fourth-order valence-corrected chi connectivity index (χ4v) is 3.00. The van der Waals surface area contributed by atoms with Gasteiger partial charge < -0.3 is 14.6 Å². The number of nitrogens with one attached hydrogen (secondary N) is 1. The van der Waals surface area contributed by atoms with Crippen LogP contribution < -0.4 is 5.32 Å². The SMILES string of the molecule is O=C(NCCCOCC(F)(F)F)c1cn(Cc2ccccc2)c2ccccc12. The van der Waals surface area contributed by atoms with Crippen LogP contribution in [0, 0.1) is 0 Å². The quantitative estimate of drug-likeness (QED) is 0.580. The van der Waals surface area contributed by atoms with E-state index in [0.717, 1.165) is 16.5 Å². The molecule has 0 aliphatic rings. The lowest BCUT2D eigenvalue weighted by Crippen LogP contribution is -2.26. The maximum Gasteiger partial charge on any atom is 0.411 e. The van der Waals surface area contributed by atoms with E-state index in [-0.39, 0.29) is 19.1 Å². The topological polar surface area (TPSA) is 43.3 Å². The lowest BCUT2D eigenvalue weighted by Gasteiger charge is -2.08. The van der Waals surface area contributed by atoms with Gasteiger partial charge >= 0.3 is 6.18 Å². The fraction of sp³-hybridized carbons (Fsp3) is 0.286. The van der Waals surface area contributed by atoms with Crippen molar-refractivity contribution in [2.45, 2.75) is 19.1 Å². The third-order valence-electron chi connectivity index (χ3n) is 4.25. The molecule has 1 N–H and O–H groups in total. The standard InChI is InChI=1S/C21H21F3N2O2/c22-21(23,24)15-28-12-6-11-25-20(27)18-14-26(13-16-7-2-1-3-8-16)19-10-5-4-9-17(18)19/h1-5,7-10,14H,6,11-13,15H2,(H,25,27). The number of amides is 1. The van der Waals surface area contributed by atoms with Crippen LogP contribution in [0.4, 0.5) is 13.2 Å². The van der Waals surface area contributed by atoms with Crippen molar-refractivity contribution in [3.63, 3.8) is 0 Å². The number of halogens is 3. The van der Waals surface area contributed by atoms with Crippen LogP contribution in [0.3, 0.4) is 0 Å². The summed E-state index contributed by atoms with van der Waals surface area (Å²) in [4.78, 5) is 12.6. The van der Waals surface area contributed by atoms with Crippen molar-refractivity contribution in [3.05, 3.63) is 71.9 Å². The zero-order chi connectivity index (χ0) is 20.0. The number of benzene rings is 2. The molecule has 0 radical (unpaired) electrons. The molecule has 0 saturated carbocycles. The summed E-state index contributed by atoms with van der Waals surface area (Å²) in [6.07, 6.45) is -2.21. The lowest BCUT2D eigenvalue weighted by atomic mass is 10.1. The summed E-state index contributed by atoms with van der Waals surface area (Å²) in [7, 11) is 0. The fourth-order valence-electron chi connectivity index (χ4n) is 3.00. The van der Waals surface area contributed by atoms with Crippen molar-refractivity contribution in [3.8, 4) is 0 Å². The summed E-state index contributed by atoms with van der Waals surface area (Å²) in [5, 5.41) is 3.59. The highest BCUT2D eigenvalue weighted by Crippen LogP contribution is 2.22. The van der Waals surface area contributed by atoms with E-state index in [2.05, 4.69) is 10.1 Å². The third-order valence-corrected chi connectivity index (χ3v) is 4.25. The van der Waals surface area contributed by atoms with Crippen LogP contribution >= 0.6 is 0 Å². The third kappa shape index (κ3) is 5.36. The monoisotopic (exact) mass is 390 g/mol. The average Bonchev–Trinajstić information content (AvgIpc) is 3.03. The van der Waals surface area contributed by atoms with Gasteiger partial charge in [-0.2, -0.15) is 13.2 Å². The van der Waals surface area contributed by atoms with Gasteiger partial charge in [0.05, 0.1) is 5.56 Å². The summed E-state index contributed by atoms with van der Waals surface area (Å²) in [5.41, 5.74) is 2.62. The van der Waals surface area contributed by atoms with E-state index in [1.807, 2.05) is 65.4 Å². The second-order valence-corrected chi connectivity index (χ2v) is 6.45. The van der Waals surface area contributed by atoms with Crippen molar-refractivity contribution in [2.24, 2.45) is 0 Å². The van der Waals surface area contributed by atoms with E-state index < -0.39 is 12.8 Å². The summed E-state index contributed by atoms with van der Waals surface area (Å²) >= 11 is 0. The molecule has 1 amide bonds. The molecule has 0 aliphatic carbocycles. The van der Waals surface area contributed by atoms with Crippen LogP contribution in [-0.2, 0) is 11.3 Å². The van der Waals surface area contributed by atoms with Gasteiger partial charge in [0.25, 0.3) is 5.91 Å². The van der Waals surface area contributed by atoms with Crippen molar-refractivity contribution < 1.29 is 22.7 Å². The number of carbonyl (C=O) groups is 1. The van der Waals surface area contributed by atoms with E-state index in [1.54, 1.807) is 0 Å². The minimum absolute atomic E-state index is 0.0600. The van der Waals surface area contributed by atoms with E-state index in [4.69, 9.17) is 0 Å². The van der Waals surface area contributed by atoms with E-state index in [9.17, 15) is 18.0 Å². The first-order chi connectivity index (χ1) is 13.4. The number of ether oxygens (including phenoxy) is 1. The largest absolute Gasteiger partial charge is 0.411 e. The van der Waals surface area contributed by atoms with Gasteiger partial charge in [-0.25, -0.2) is 0 Å². The zero-order valence-electron chi connectivity index (χ0n) is 15.2. The molecular weight excluding hydrogens is 369 g/mol. The molecule has 28 heavy (non-hydrogen) atoms. The molecule has 0 atom stereocenters. The highest BCUT2D eigenvalue weighted by molar-refractivity contribution is 6.07. The Morgan fingerprint density at radius 1 is 1.04 bits per heavy atom. The smallest absolute Gasteiger partial charge is 0.372 e. The Labute approximate surface area is 160 Å².